The smallest absolute Gasteiger partial charge is 0.319 e. The second-order valence-corrected chi connectivity index (χ2v) is 4.14. The van der Waals surface area contributed by atoms with Gasteiger partial charge in [-0.05, 0) is 25.5 Å². The largest absolute Gasteiger partial charge is 0.481 e. The standard InChI is InChI=1S/C12H15N3O5/c1-8-7-9(4-5-10(8)15(19)20)14-12(18)13-6-2-3-11(16)17/h4-5,7H,2-3,6H2,1H3,(H,16,17)(H2,13,14,18). The number of carboxylic acid groups (broad SMARTS) is 1. The van der Waals surface area contributed by atoms with Crippen LogP contribution in [0, 0.1) is 17.0 Å². The van der Waals surface area contributed by atoms with Crippen molar-refractivity contribution in [3.8, 4) is 0 Å². The van der Waals surface area contributed by atoms with Crippen molar-refractivity contribution in [2.75, 3.05) is 11.9 Å². The molecule has 3 N–H and O–H groups in total. The molecule has 0 spiro atoms. The molecule has 0 saturated carbocycles. The van der Waals surface area contributed by atoms with Gasteiger partial charge in [-0.25, -0.2) is 4.79 Å². The van der Waals surface area contributed by atoms with E-state index in [0.29, 0.717) is 17.7 Å². The molecule has 8 nitrogen and oxygen atoms in total. The van der Waals surface area contributed by atoms with Gasteiger partial charge in [-0.2, -0.15) is 0 Å². The summed E-state index contributed by atoms with van der Waals surface area (Å²) in [5, 5.41) is 24.1. The van der Waals surface area contributed by atoms with Crippen molar-refractivity contribution in [3.05, 3.63) is 33.9 Å². The number of urea groups is 1. The summed E-state index contributed by atoms with van der Waals surface area (Å²) in [7, 11) is 0. The molecule has 0 atom stereocenters. The first kappa shape index (κ1) is 15.4. The number of aryl methyl sites for hydroxylation is 1. The number of carboxylic acids is 1. The molecule has 0 heterocycles. The van der Waals surface area contributed by atoms with Crippen molar-refractivity contribution in [2.24, 2.45) is 0 Å². The Labute approximate surface area is 114 Å². The van der Waals surface area contributed by atoms with E-state index in [1.54, 1.807) is 6.92 Å². The quantitative estimate of drug-likeness (QED) is 0.417. The molecule has 0 aliphatic rings. The fourth-order valence-electron chi connectivity index (χ4n) is 1.55. The summed E-state index contributed by atoms with van der Waals surface area (Å²) in [5.74, 6) is -0.918. The lowest BCUT2D eigenvalue weighted by molar-refractivity contribution is -0.385. The summed E-state index contributed by atoms with van der Waals surface area (Å²) in [6, 6.07) is 3.76. The highest BCUT2D eigenvalue weighted by molar-refractivity contribution is 5.89. The molecule has 1 rings (SSSR count). The van der Waals surface area contributed by atoms with Gasteiger partial charge in [0, 0.05) is 30.3 Å². The van der Waals surface area contributed by atoms with Crippen molar-refractivity contribution in [1.29, 1.82) is 0 Å². The molecular weight excluding hydrogens is 266 g/mol. The number of amides is 2. The highest BCUT2D eigenvalue weighted by atomic mass is 16.6. The van der Waals surface area contributed by atoms with Gasteiger partial charge in [0.2, 0.25) is 0 Å². The number of nitro groups is 1. The highest BCUT2D eigenvalue weighted by Crippen LogP contribution is 2.21. The average Bonchev–Trinajstić information content (AvgIpc) is 2.34. The monoisotopic (exact) mass is 281 g/mol. The van der Waals surface area contributed by atoms with E-state index in [1.807, 2.05) is 0 Å². The molecule has 0 fully saturated rings. The third-order valence-corrected chi connectivity index (χ3v) is 2.50. The highest BCUT2D eigenvalue weighted by Gasteiger charge is 2.11. The summed E-state index contributed by atoms with van der Waals surface area (Å²) in [4.78, 5) is 31.9. The van der Waals surface area contributed by atoms with Gasteiger partial charge < -0.3 is 15.7 Å². The number of carbonyl (C=O) groups excluding carboxylic acids is 1. The van der Waals surface area contributed by atoms with E-state index in [0.717, 1.165) is 0 Å². The minimum absolute atomic E-state index is 0.0163. The lowest BCUT2D eigenvalue weighted by atomic mass is 10.2. The first-order valence-electron chi connectivity index (χ1n) is 5.92. The van der Waals surface area contributed by atoms with Crippen LogP contribution in [0.2, 0.25) is 0 Å². The zero-order valence-corrected chi connectivity index (χ0v) is 10.9. The summed E-state index contributed by atoms with van der Waals surface area (Å²) < 4.78 is 0. The van der Waals surface area contributed by atoms with Crippen LogP contribution in [0.4, 0.5) is 16.2 Å². The van der Waals surface area contributed by atoms with Gasteiger partial charge in [-0.1, -0.05) is 0 Å². The topological polar surface area (TPSA) is 122 Å². The van der Waals surface area contributed by atoms with Crippen LogP contribution < -0.4 is 10.6 Å². The number of nitro benzene ring substituents is 1. The summed E-state index contributed by atoms with van der Waals surface area (Å²) in [6.07, 6.45) is 0.318. The molecule has 0 radical (unpaired) electrons. The molecule has 0 unspecified atom stereocenters. The predicted molar refractivity (Wildman–Crippen MR) is 71.7 cm³/mol. The van der Waals surface area contributed by atoms with E-state index in [-0.39, 0.29) is 18.7 Å². The maximum atomic E-state index is 11.5. The molecule has 20 heavy (non-hydrogen) atoms. The van der Waals surface area contributed by atoms with Crippen molar-refractivity contribution in [1.82, 2.24) is 5.32 Å². The van der Waals surface area contributed by atoms with Crippen LogP contribution >= 0.6 is 0 Å². The van der Waals surface area contributed by atoms with Gasteiger partial charge in [-0.3, -0.25) is 14.9 Å². The second-order valence-electron chi connectivity index (χ2n) is 4.14. The van der Waals surface area contributed by atoms with Gasteiger partial charge in [0.15, 0.2) is 0 Å². The van der Waals surface area contributed by atoms with E-state index in [2.05, 4.69) is 10.6 Å². The van der Waals surface area contributed by atoms with Gasteiger partial charge >= 0.3 is 12.0 Å². The summed E-state index contributed by atoms with van der Waals surface area (Å²) >= 11 is 0. The van der Waals surface area contributed by atoms with Crippen molar-refractivity contribution in [2.45, 2.75) is 19.8 Å². The van der Waals surface area contributed by atoms with Gasteiger partial charge in [0.05, 0.1) is 4.92 Å². The molecule has 0 bridgehead atoms. The molecule has 1 aromatic rings. The van der Waals surface area contributed by atoms with Crippen molar-refractivity contribution >= 4 is 23.4 Å². The Bertz CT molecular complexity index is 530. The number of nitrogens with zero attached hydrogens (tertiary/aromatic N) is 1. The second kappa shape index (κ2) is 7.07. The summed E-state index contributed by atoms with van der Waals surface area (Å²) in [6.45, 7) is 1.82. The van der Waals surface area contributed by atoms with Crippen molar-refractivity contribution in [3.63, 3.8) is 0 Å². The van der Waals surface area contributed by atoms with Crippen LogP contribution in [0.15, 0.2) is 18.2 Å². The number of anilines is 1. The summed E-state index contributed by atoms with van der Waals surface area (Å²) in [5.41, 5.74) is 0.861. The van der Waals surface area contributed by atoms with Gasteiger partial charge in [0.25, 0.3) is 5.69 Å². The van der Waals surface area contributed by atoms with E-state index in [4.69, 9.17) is 5.11 Å². The molecular formula is C12H15N3O5. The van der Waals surface area contributed by atoms with Crippen LogP contribution in [-0.2, 0) is 4.79 Å². The SMILES string of the molecule is Cc1cc(NC(=O)NCCCC(=O)O)ccc1[N+](=O)[O-]. The number of rotatable bonds is 6. The molecule has 1 aromatic carbocycles. The van der Waals surface area contributed by atoms with Crippen LogP contribution in [0.1, 0.15) is 18.4 Å². The van der Waals surface area contributed by atoms with E-state index in [9.17, 15) is 19.7 Å². The lowest BCUT2D eigenvalue weighted by Crippen LogP contribution is -2.29. The Morgan fingerprint density at radius 3 is 2.65 bits per heavy atom. The molecule has 2 amide bonds. The van der Waals surface area contributed by atoms with Crippen molar-refractivity contribution < 1.29 is 19.6 Å². The molecule has 0 saturated heterocycles. The molecule has 0 aliphatic carbocycles. The van der Waals surface area contributed by atoms with E-state index >= 15 is 0 Å². The number of carbonyl (C=O) groups is 2. The molecule has 8 heteroatoms. The predicted octanol–water partition coefficient (Wildman–Crippen LogP) is 1.89. The first-order valence-corrected chi connectivity index (χ1v) is 5.92. The molecule has 0 aromatic heterocycles. The fraction of sp³-hybridized carbons (Fsp3) is 0.333. The number of hydrogen-bond acceptors (Lipinski definition) is 4. The number of hydrogen-bond donors (Lipinski definition) is 3. The minimum atomic E-state index is -0.918. The van der Waals surface area contributed by atoms with Crippen LogP contribution in [0.3, 0.4) is 0 Å². The van der Waals surface area contributed by atoms with Crippen LogP contribution in [-0.4, -0.2) is 28.6 Å². The Morgan fingerprint density at radius 2 is 2.10 bits per heavy atom. The number of aliphatic carboxylic acids is 1. The number of benzene rings is 1. The maximum Gasteiger partial charge on any atom is 0.319 e. The Hall–Kier alpha value is -2.64. The third-order valence-electron chi connectivity index (χ3n) is 2.50. The van der Waals surface area contributed by atoms with Gasteiger partial charge in [0.1, 0.15) is 0 Å². The van der Waals surface area contributed by atoms with Crippen LogP contribution in [0.25, 0.3) is 0 Å². The van der Waals surface area contributed by atoms with Crippen LogP contribution in [0.5, 0.6) is 0 Å². The Balaban J connectivity index is 2.48. The zero-order chi connectivity index (χ0) is 15.1. The normalized spacial score (nSPS) is 9.85. The number of nitrogens with one attached hydrogen (secondary N) is 2. The minimum Gasteiger partial charge on any atom is -0.481 e. The maximum absolute atomic E-state index is 11.5. The Morgan fingerprint density at radius 1 is 1.40 bits per heavy atom. The average molecular weight is 281 g/mol. The zero-order valence-electron chi connectivity index (χ0n) is 10.9. The fourth-order valence-corrected chi connectivity index (χ4v) is 1.55. The molecule has 0 aliphatic heterocycles. The third kappa shape index (κ3) is 4.92. The lowest BCUT2D eigenvalue weighted by Gasteiger charge is -2.07. The van der Waals surface area contributed by atoms with E-state index in [1.165, 1.54) is 18.2 Å². The van der Waals surface area contributed by atoms with Gasteiger partial charge in [-0.15, -0.1) is 0 Å². The molecule has 108 valence electrons. The van der Waals surface area contributed by atoms with E-state index < -0.39 is 16.9 Å². The first-order chi connectivity index (χ1) is 9.40. The Kier molecular flexibility index (Phi) is 5.45.